The molecule has 0 aliphatic heterocycles. The summed E-state index contributed by atoms with van der Waals surface area (Å²) in [7, 11) is 1.38. The van der Waals surface area contributed by atoms with E-state index < -0.39 is 5.41 Å². The van der Waals surface area contributed by atoms with Crippen molar-refractivity contribution in [2.45, 2.75) is 76.2 Å². The Labute approximate surface area is 133 Å². The number of ketones is 1. The highest BCUT2D eigenvalue weighted by atomic mass is 16.5. The SMILES string of the molecule is C.C.C.C.COC(=O)C(C)(C)COCCCCCC(C)=O. The Morgan fingerprint density at radius 2 is 1.48 bits per heavy atom. The van der Waals surface area contributed by atoms with Crippen molar-refractivity contribution in [3.05, 3.63) is 0 Å². The first-order valence-electron chi connectivity index (χ1n) is 6.06. The van der Waals surface area contributed by atoms with Crippen LogP contribution in [-0.4, -0.2) is 32.1 Å². The van der Waals surface area contributed by atoms with Crippen molar-refractivity contribution in [2.75, 3.05) is 20.3 Å². The summed E-state index contributed by atoms with van der Waals surface area (Å²) in [5, 5.41) is 0. The summed E-state index contributed by atoms with van der Waals surface area (Å²) < 4.78 is 10.1. The number of esters is 1. The predicted octanol–water partition coefficient (Wildman–Crippen LogP) is 4.90. The molecule has 0 radical (unpaired) electrons. The van der Waals surface area contributed by atoms with E-state index in [1.54, 1.807) is 20.8 Å². The van der Waals surface area contributed by atoms with Crippen LogP contribution >= 0.6 is 0 Å². The standard InChI is InChI=1S/C13H24O4.4CH4/c1-11(14)8-6-5-7-9-17-10-13(2,3)12(15)16-4;;;;/h5-10H2,1-4H3;4*1H4. The van der Waals surface area contributed by atoms with Gasteiger partial charge in [-0.05, 0) is 33.6 Å². The highest BCUT2D eigenvalue weighted by Crippen LogP contribution is 2.17. The maximum absolute atomic E-state index is 11.3. The molecule has 0 aromatic rings. The quantitative estimate of drug-likeness (QED) is 0.449. The Morgan fingerprint density at radius 1 is 0.952 bits per heavy atom. The molecule has 4 nitrogen and oxygen atoms in total. The Kier molecular flexibility index (Phi) is 26.3. The number of Topliss-reactive ketones (excluding diaryl/α,β-unsaturated/α-hetero) is 1. The molecule has 0 heterocycles. The summed E-state index contributed by atoms with van der Waals surface area (Å²) in [5.74, 6) is -0.0215. The molecule has 0 rings (SSSR count). The maximum Gasteiger partial charge on any atom is 0.313 e. The first kappa shape index (κ1) is 32.2. The van der Waals surface area contributed by atoms with Crippen molar-refractivity contribution < 1.29 is 19.1 Å². The molecule has 0 aliphatic carbocycles. The van der Waals surface area contributed by atoms with E-state index in [2.05, 4.69) is 4.74 Å². The summed E-state index contributed by atoms with van der Waals surface area (Å²) >= 11 is 0. The van der Waals surface area contributed by atoms with E-state index in [0.29, 0.717) is 19.6 Å². The number of rotatable bonds is 9. The lowest BCUT2D eigenvalue weighted by Crippen LogP contribution is -2.30. The fourth-order valence-corrected chi connectivity index (χ4v) is 1.42. The zero-order valence-electron chi connectivity index (χ0n) is 11.4. The second kappa shape index (κ2) is 17.2. The lowest BCUT2D eigenvalue weighted by atomic mass is 9.95. The van der Waals surface area contributed by atoms with Crippen LogP contribution in [0.15, 0.2) is 0 Å². The molecule has 0 saturated heterocycles. The van der Waals surface area contributed by atoms with Gasteiger partial charge >= 0.3 is 5.97 Å². The number of carbonyl (C=O) groups is 2. The molecule has 0 unspecified atom stereocenters. The minimum atomic E-state index is -0.589. The van der Waals surface area contributed by atoms with Gasteiger partial charge in [-0.2, -0.15) is 0 Å². The van der Waals surface area contributed by atoms with Gasteiger partial charge < -0.3 is 14.3 Å². The van der Waals surface area contributed by atoms with E-state index in [-0.39, 0.29) is 41.5 Å². The molecule has 0 spiro atoms. The minimum absolute atomic E-state index is 0. The van der Waals surface area contributed by atoms with Gasteiger partial charge in [0.25, 0.3) is 0 Å². The van der Waals surface area contributed by atoms with Gasteiger partial charge in [-0.1, -0.05) is 36.1 Å². The Balaban J connectivity index is -0.000000213. The van der Waals surface area contributed by atoms with E-state index in [1.807, 2.05) is 0 Å². The van der Waals surface area contributed by atoms with E-state index in [1.165, 1.54) is 7.11 Å². The highest BCUT2D eigenvalue weighted by Gasteiger charge is 2.28. The molecule has 0 N–H and O–H groups in total. The molecule has 21 heavy (non-hydrogen) atoms. The fraction of sp³-hybridized carbons (Fsp3) is 0.882. The van der Waals surface area contributed by atoms with Crippen LogP contribution in [0, 0.1) is 5.41 Å². The molecule has 0 saturated carbocycles. The predicted molar refractivity (Wildman–Crippen MR) is 92.7 cm³/mol. The summed E-state index contributed by atoms with van der Waals surface area (Å²) in [6.45, 7) is 6.20. The fourth-order valence-electron chi connectivity index (χ4n) is 1.42. The highest BCUT2D eigenvalue weighted by molar-refractivity contribution is 5.76. The van der Waals surface area contributed by atoms with Gasteiger partial charge in [-0.25, -0.2) is 0 Å². The molecule has 4 heteroatoms. The Hall–Kier alpha value is -0.900. The van der Waals surface area contributed by atoms with Crippen LogP contribution in [-0.2, 0) is 19.1 Å². The van der Waals surface area contributed by atoms with Gasteiger partial charge in [0.1, 0.15) is 5.78 Å². The average Bonchev–Trinajstić information content (AvgIpc) is 2.26. The van der Waals surface area contributed by atoms with Gasteiger partial charge in [0.15, 0.2) is 0 Å². The summed E-state index contributed by atoms with van der Waals surface area (Å²) in [6.07, 6.45) is 3.47. The zero-order valence-corrected chi connectivity index (χ0v) is 11.4. The summed E-state index contributed by atoms with van der Waals surface area (Å²) in [6, 6.07) is 0. The molecular formula is C17H40O4. The largest absolute Gasteiger partial charge is 0.469 e. The zero-order chi connectivity index (χ0) is 13.3. The topological polar surface area (TPSA) is 52.6 Å². The average molecular weight is 309 g/mol. The van der Waals surface area contributed by atoms with E-state index in [9.17, 15) is 9.59 Å². The van der Waals surface area contributed by atoms with Crippen LogP contribution in [0.1, 0.15) is 76.2 Å². The third kappa shape index (κ3) is 17.0. The molecule has 132 valence electrons. The lowest BCUT2D eigenvalue weighted by molar-refractivity contribution is -0.154. The molecule has 0 aliphatic rings. The van der Waals surface area contributed by atoms with Crippen molar-refractivity contribution in [1.82, 2.24) is 0 Å². The van der Waals surface area contributed by atoms with E-state index in [4.69, 9.17) is 4.74 Å². The van der Waals surface area contributed by atoms with Crippen molar-refractivity contribution in [3.63, 3.8) is 0 Å². The maximum atomic E-state index is 11.3. The van der Waals surface area contributed by atoms with Crippen LogP contribution in [0.2, 0.25) is 0 Å². The lowest BCUT2D eigenvalue weighted by Gasteiger charge is -2.21. The third-order valence-electron chi connectivity index (χ3n) is 2.52. The van der Waals surface area contributed by atoms with Crippen molar-refractivity contribution >= 4 is 11.8 Å². The Morgan fingerprint density at radius 3 is 1.90 bits per heavy atom. The Bertz CT molecular complexity index is 247. The van der Waals surface area contributed by atoms with Crippen LogP contribution in [0.25, 0.3) is 0 Å². The second-order valence-corrected chi connectivity index (χ2v) is 4.94. The van der Waals surface area contributed by atoms with Crippen LogP contribution in [0.4, 0.5) is 0 Å². The number of hydrogen-bond donors (Lipinski definition) is 0. The van der Waals surface area contributed by atoms with Gasteiger partial charge in [0.2, 0.25) is 0 Å². The van der Waals surface area contributed by atoms with Crippen LogP contribution < -0.4 is 0 Å². The number of hydrogen-bond acceptors (Lipinski definition) is 4. The molecule has 0 atom stereocenters. The van der Waals surface area contributed by atoms with Crippen molar-refractivity contribution in [2.24, 2.45) is 5.41 Å². The van der Waals surface area contributed by atoms with Crippen LogP contribution in [0.5, 0.6) is 0 Å². The van der Waals surface area contributed by atoms with Gasteiger partial charge in [0.05, 0.1) is 19.1 Å². The summed E-state index contributed by atoms with van der Waals surface area (Å²) in [4.78, 5) is 22.0. The molecule has 0 amide bonds. The van der Waals surface area contributed by atoms with Gasteiger partial charge in [-0.3, -0.25) is 4.79 Å². The van der Waals surface area contributed by atoms with Crippen molar-refractivity contribution in [3.8, 4) is 0 Å². The normalized spacial score (nSPS) is 9.14. The van der Waals surface area contributed by atoms with Crippen molar-refractivity contribution in [1.29, 1.82) is 0 Å². The van der Waals surface area contributed by atoms with E-state index >= 15 is 0 Å². The first-order chi connectivity index (χ1) is 7.90. The molecule has 0 aromatic heterocycles. The van der Waals surface area contributed by atoms with Gasteiger partial charge in [-0.15, -0.1) is 0 Å². The molecular weight excluding hydrogens is 268 g/mol. The number of carbonyl (C=O) groups excluding carboxylic acids is 2. The number of methoxy groups -OCH3 is 1. The summed E-state index contributed by atoms with van der Waals surface area (Å²) in [5.41, 5.74) is -0.589. The smallest absolute Gasteiger partial charge is 0.313 e. The monoisotopic (exact) mass is 308 g/mol. The second-order valence-electron chi connectivity index (χ2n) is 4.94. The number of unbranched alkanes of at least 4 members (excludes halogenated alkanes) is 2. The van der Waals surface area contributed by atoms with Crippen LogP contribution in [0.3, 0.4) is 0 Å². The molecule has 0 aromatic carbocycles. The molecule has 0 bridgehead atoms. The molecule has 0 fully saturated rings. The minimum Gasteiger partial charge on any atom is -0.469 e. The van der Waals surface area contributed by atoms with E-state index in [0.717, 1.165) is 19.3 Å². The first-order valence-corrected chi connectivity index (χ1v) is 6.06. The third-order valence-corrected chi connectivity index (χ3v) is 2.52. The van der Waals surface area contributed by atoms with Gasteiger partial charge in [0, 0.05) is 13.0 Å². The number of ether oxygens (including phenoxy) is 2.